The molecular formula is C17H17F3N6O3. The van der Waals surface area contributed by atoms with E-state index in [9.17, 15) is 18.0 Å². The lowest BCUT2D eigenvalue weighted by atomic mass is 10.2. The average molecular weight is 410 g/mol. The van der Waals surface area contributed by atoms with Gasteiger partial charge in [0.25, 0.3) is 5.91 Å². The minimum Gasteiger partial charge on any atom is -0.475 e. The number of nitrogens with zero attached hydrogens (tertiary/aromatic N) is 5. The molecule has 9 nitrogen and oxygen atoms in total. The second kappa shape index (κ2) is 8.54. The fourth-order valence-electron chi connectivity index (χ4n) is 2.11. The second-order valence-electron chi connectivity index (χ2n) is 5.87. The molecule has 0 aliphatic rings. The molecule has 154 valence electrons. The lowest BCUT2D eigenvalue weighted by Crippen LogP contribution is -2.21. The minimum atomic E-state index is -5.08. The number of alkyl halides is 3. The van der Waals surface area contributed by atoms with Gasteiger partial charge in [-0.05, 0) is 38.1 Å². The Morgan fingerprint density at radius 1 is 1.14 bits per heavy atom. The van der Waals surface area contributed by atoms with Crippen molar-refractivity contribution < 1.29 is 27.9 Å². The van der Waals surface area contributed by atoms with Gasteiger partial charge in [0.2, 0.25) is 0 Å². The summed E-state index contributed by atoms with van der Waals surface area (Å²) in [6.07, 6.45) is -1.72. The largest absolute Gasteiger partial charge is 0.490 e. The molecule has 0 bridgehead atoms. The van der Waals surface area contributed by atoms with Gasteiger partial charge in [0.05, 0.1) is 18.2 Å². The first-order valence-corrected chi connectivity index (χ1v) is 8.08. The number of nitrogens with one attached hydrogen (secondary N) is 1. The normalized spacial score (nSPS) is 10.8. The smallest absolute Gasteiger partial charge is 0.475 e. The maximum absolute atomic E-state index is 12.0. The van der Waals surface area contributed by atoms with Crippen molar-refractivity contribution in [1.29, 1.82) is 0 Å². The lowest BCUT2D eigenvalue weighted by molar-refractivity contribution is -0.192. The van der Waals surface area contributed by atoms with Crippen molar-refractivity contribution in [3.63, 3.8) is 0 Å². The summed E-state index contributed by atoms with van der Waals surface area (Å²) in [5, 5.41) is 17.4. The van der Waals surface area contributed by atoms with E-state index in [0.29, 0.717) is 5.69 Å². The first kappa shape index (κ1) is 21.6. The zero-order chi connectivity index (χ0) is 21.8. The number of hydrogen-bond donors (Lipinski definition) is 2. The molecule has 2 aromatic heterocycles. The van der Waals surface area contributed by atoms with E-state index in [0.717, 1.165) is 17.1 Å². The maximum atomic E-state index is 12.0. The highest BCUT2D eigenvalue weighted by molar-refractivity contribution is 6.02. The van der Waals surface area contributed by atoms with Crippen LogP contribution < -0.4 is 5.32 Å². The summed E-state index contributed by atoms with van der Waals surface area (Å²) in [7, 11) is 1.72. The van der Waals surface area contributed by atoms with E-state index in [1.54, 1.807) is 19.6 Å². The number of anilines is 1. The lowest BCUT2D eigenvalue weighted by Gasteiger charge is -2.07. The van der Waals surface area contributed by atoms with E-state index in [2.05, 4.69) is 20.6 Å². The standard InChI is InChI=1S/C15H16N6O.C2HF3O2/c1-10-11(2)21(9-16-10)13-6-4-12(5-7-13)17-15(22)14-8-20(3)19-18-14;3-2(4,5)1(6)7/h4-9H,1-3H3,(H,17,22);(H,6,7). The van der Waals surface area contributed by atoms with Gasteiger partial charge in [0.1, 0.15) is 0 Å². The van der Waals surface area contributed by atoms with Gasteiger partial charge >= 0.3 is 12.1 Å². The molecule has 0 saturated heterocycles. The van der Waals surface area contributed by atoms with E-state index in [-0.39, 0.29) is 11.6 Å². The number of halogens is 3. The number of benzene rings is 1. The first-order valence-electron chi connectivity index (χ1n) is 8.08. The summed E-state index contributed by atoms with van der Waals surface area (Å²) in [6, 6.07) is 7.55. The van der Waals surface area contributed by atoms with Crippen molar-refractivity contribution in [1.82, 2.24) is 24.5 Å². The Morgan fingerprint density at radius 2 is 1.72 bits per heavy atom. The van der Waals surface area contributed by atoms with Crippen molar-refractivity contribution >= 4 is 17.6 Å². The highest BCUT2D eigenvalue weighted by Gasteiger charge is 2.38. The van der Waals surface area contributed by atoms with Crippen molar-refractivity contribution in [3.05, 3.63) is 53.9 Å². The van der Waals surface area contributed by atoms with Gasteiger partial charge in [-0.25, -0.2) is 9.78 Å². The number of carboxylic acids is 1. The van der Waals surface area contributed by atoms with Crippen molar-refractivity contribution in [3.8, 4) is 5.69 Å². The number of carbonyl (C=O) groups is 2. The molecule has 2 N–H and O–H groups in total. The fraction of sp³-hybridized carbons (Fsp3) is 0.235. The molecule has 0 atom stereocenters. The van der Waals surface area contributed by atoms with Crippen LogP contribution in [0, 0.1) is 13.8 Å². The highest BCUT2D eigenvalue weighted by Crippen LogP contribution is 2.17. The van der Waals surface area contributed by atoms with Crippen molar-refractivity contribution in [2.45, 2.75) is 20.0 Å². The maximum Gasteiger partial charge on any atom is 0.490 e. The van der Waals surface area contributed by atoms with E-state index < -0.39 is 12.1 Å². The number of carbonyl (C=O) groups excluding carboxylic acids is 1. The number of amides is 1. The van der Waals surface area contributed by atoms with Crippen LogP contribution in [0.25, 0.3) is 5.69 Å². The summed E-state index contributed by atoms with van der Waals surface area (Å²) in [5.41, 5.74) is 4.08. The zero-order valence-electron chi connectivity index (χ0n) is 15.6. The Balaban J connectivity index is 0.000000370. The Labute approximate surface area is 162 Å². The predicted octanol–water partition coefficient (Wildman–Crippen LogP) is 2.50. The van der Waals surface area contributed by atoms with Gasteiger partial charge in [0, 0.05) is 24.1 Å². The number of aryl methyl sites for hydroxylation is 2. The van der Waals surface area contributed by atoms with E-state index in [4.69, 9.17) is 9.90 Å². The fourth-order valence-corrected chi connectivity index (χ4v) is 2.11. The van der Waals surface area contributed by atoms with Gasteiger partial charge in [-0.2, -0.15) is 13.2 Å². The summed E-state index contributed by atoms with van der Waals surface area (Å²) < 4.78 is 35.2. The SMILES string of the molecule is Cc1ncn(-c2ccc(NC(=O)c3cn(C)nn3)cc2)c1C.O=C(O)C(F)(F)F. The monoisotopic (exact) mass is 410 g/mol. The van der Waals surface area contributed by atoms with E-state index >= 15 is 0 Å². The molecule has 1 amide bonds. The highest BCUT2D eigenvalue weighted by atomic mass is 19.4. The zero-order valence-corrected chi connectivity index (χ0v) is 15.6. The predicted molar refractivity (Wildman–Crippen MR) is 95.7 cm³/mol. The van der Waals surface area contributed by atoms with Crippen molar-refractivity contribution in [2.24, 2.45) is 7.05 Å². The molecule has 3 rings (SSSR count). The summed E-state index contributed by atoms with van der Waals surface area (Å²) in [6.45, 7) is 3.99. The molecule has 0 unspecified atom stereocenters. The number of aromatic nitrogens is 5. The second-order valence-corrected chi connectivity index (χ2v) is 5.87. The molecular weight excluding hydrogens is 393 g/mol. The molecule has 0 aliphatic heterocycles. The topological polar surface area (TPSA) is 115 Å². The molecule has 0 saturated carbocycles. The molecule has 0 aliphatic carbocycles. The van der Waals surface area contributed by atoms with Crippen LogP contribution in [0.4, 0.5) is 18.9 Å². The number of hydrogen-bond acceptors (Lipinski definition) is 5. The minimum absolute atomic E-state index is 0.282. The number of imidazole rings is 1. The van der Waals surface area contributed by atoms with E-state index in [1.807, 2.05) is 42.7 Å². The van der Waals surface area contributed by atoms with Gasteiger partial charge in [0.15, 0.2) is 5.69 Å². The molecule has 12 heteroatoms. The molecule has 0 fully saturated rings. The molecule has 29 heavy (non-hydrogen) atoms. The van der Waals surface area contributed by atoms with E-state index in [1.165, 1.54) is 4.68 Å². The van der Waals surface area contributed by atoms with Crippen molar-refractivity contribution in [2.75, 3.05) is 5.32 Å². The van der Waals surface area contributed by atoms with Crippen LogP contribution >= 0.6 is 0 Å². The Morgan fingerprint density at radius 3 is 2.14 bits per heavy atom. The summed E-state index contributed by atoms with van der Waals surface area (Å²) >= 11 is 0. The molecule has 0 spiro atoms. The average Bonchev–Trinajstić information content (AvgIpc) is 3.22. The van der Waals surface area contributed by atoms with Crippen LogP contribution in [-0.2, 0) is 11.8 Å². The molecule has 2 heterocycles. The van der Waals surface area contributed by atoms with Crippen LogP contribution in [0.2, 0.25) is 0 Å². The summed E-state index contributed by atoms with van der Waals surface area (Å²) in [4.78, 5) is 25.2. The van der Waals surface area contributed by atoms with Crippen LogP contribution in [0.5, 0.6) is 0 Å². The Kier molecular flexibility index (Phi) is 6.36. The Bertz CT molecular complexity index is 1010. The first-order chi connectivity index (χ1) is 13.5. The number of aliphatic carboxylic acids is 1. The van der Waals surface area contributed by atoms with Gasteiger partial charge in [-0.15, -0.1) is 5.10 Å². The van der Waals surface area contributed by atoms with Crippen LogP contribution in [0.1, 0.15) is 21.9 Å². The Hall–Kier alpha value is -3.70. The van der Waals surface area contributed by atoms with Gasteiger partial charge < -0.3 is 15.0 Å². The number of rotatable bonds is 3. The van der Waals surface area contributed by atoms with Crippen LogP contribution in [-0.4, -0.2) is 47.7 Å². The molecule has 1 aromatic carbocycles. The third-order valence-electron chi connectivity index (χ3n) is 3.73. The molecule has 0 radical (unpaired) electrons. The quantitative estimate of drug-likeness (QED) is 0.686. The third-order valence-corrected chi connectivity index (χ3v) is 3.73. The molecule has 3 aromatic rings. The van der Waals surface area contributed by atoms with Crippen LogP contribution in [0.15, 0.2) is 36.8 Å². The van der Waals surface area contributed by atoms with Gasteiger partial charge in [-0.1, -0.05) is 5.21 Å². The van der Waals surface area contributed by atoms with Gasteiger partial charge in [-0.3, -0.25) is 9.48 Å². The third kappa shape index (κ3) is 5.64. The summed E-state index contributed by atoms with van der Waals surface area (Å²) in [5.74, 6) is -3.04. The number of carboxylic acid groups (broad SMARTS) is 1. The van der Waals surface area contributed by atoms with Crippen LogP contribution in [0.3, 0.4) is 0 Å².